The van der Waals surface area contributed by atoms with Crippen LogP contribution in [0.15, 0.2) is 36.4 Å². The number of phenols is 1. The van der Waals surface area contributed by atoms with Gasteiger partial charge in [-0.2, -0.15) is 0 Å². The Balaban J connectivity index is 2.17. The van der Waals surface area contributed by atoms with Crippen molar-refractivity contribution in [2.24, 2.45) is 0 Å². The predicted octanol–water partition coefficient (Wildman–Crippen LogP) is 4.01. The van der Waals surface area contributed by atoms with Crippen molar-refractivity contribution in [3.8, 4) is 5.75 Å². The lowest BCUT2D eigenvalue weighted by Gasteiger charge is -2.10. The summed E-state index contributed by atoms with van der Waals surface area (Å²) in [5, 5.41) is 22.2. The normalized spacial score (nSPS) is 10.3. The Labute approximate surface area is 125 Å². The Morgan fingerprint density at radius 2 is 1.90 bits per heavy atom. The van der Waals surface area contributed by atoms with E-state index in [-0.39, 0.29) is 21.4 Å². The number of benzene rings is 2. The first kappa shape index (κ1) is 14.5. The first-order valence-corrected chi connectivity index (χ1v) is 6.47. The Morgan fingerprint density at radius 3 is 2.60 bits per heavy atom. The molecule has 0 atom stereocenters. The molecular weight excluding hydrogens is 301 g/mol. The molecule has 4 nitrogen and oxygen atoms in total. The quantitative estimate of drug-likeness (QED) is 0.798. The third-order valence-electron chi connectivity index (χ3n) is 2.75. The molecule has 6 heteroatoms. The van der Waals surface area contributed by atoms with Gasteiger partial charge in [-0.15, -0.1) is 0 Å². The van der Waals surface area contributed by atoms with Gasteiger partial charge < -0.3 is 15.5 Å². The molecule has 0 heterocycles. The van der Waals surface area contributed by atoms with Crippen LogP contribution in [0.25, 0.3) is 0 Å². The van der Waals surface area contributed by atoms with Gasteiger partial charge in [0.15, 0.2) is 0 Å². The summed E-state index contributed by atoms with van der Waals surface area (Å²) in [7, 11) is 0. The van der Waals surface area contributed by atoms with Crippen LogP contribution in [0.5, 0.6) is 5.75 Å². The SMILES string of the molecule is O=C(O)c1cc(NCc2cccc(Cl)c2O)ccc1Cl. The van der Waals surface area contributed by atoms with Crippen LogP contribution in [0.1, 0.15) is 15.9 Å². The number of nitrogens with one attached hydrogen (secondary N) is 1. The van der Waals surface area contributed by atoms with Crippen LogP contribution in [0.4, 0.5) is 5.69 Å². The average Bonchev–Trinajstić information content (AvgIpc) is 2.41. The van der Waals surface area contributed by atoms with Crippen molar-refractivity contribution in [2.75, 3.05) is 5.32 Å². The minimum Gasteiger partial charge on any atom is -0.506 e. The molecule has 0 aliphatic carbocycles. The van der Waals surface area contributed by atoms with Gasteiger partial charge in [-0.25, -0.2) is 4.79 Å². The van der Waals surface area contributed by atoms with Gasteiger partial charge in [0, 0.05) is 17.8 Å². The molecule has 104 valence electrons. The fraction of sp³-hybridized carbons (Fsp3) is 0.0714. The molecule has 0 amide bonds. The van der Waals surface area contributed by atoms with Crippen LogP contribution in [0, 0.1) is 0 Å². The molecule has 20 heavy (non-hydrogen) atoms. The minimum absolute atomic E-state index is 0.00842. The van der Waals surface area contributed by atoms with Crippen LogP contribution in [0.3, 0.4) is 0 Å². The molecule has 2 aromatic rings. The fourth-order valence-electron chi connectivity index (χ4n) is 1.70. The maximum Gasteiger partial charge on any atom is 0.337 e. The lowest BCUT2D eigenvalue weighted by molar-refractivity contribution is 0.0697. The number of phenolic OH excluding ortho intramolecular Hbond substituents is 1. The Hall–Kier alpha value is -1.91. The van der Waals surface area contributed by atoms with E-state index in [4.69, 9.17) is 28.3 Å². The number of carbonyl (C=O) groups is 1. The van der Waals surface area contributed by atoms with E-state index < -0.39 is 5.97 Å². The molecule has 0 fully saturated rings. The van der Waals surface area contributed by atoms with E-state index in [1.165, 1.54) is 12.1 Å². The summed E-state index contributed by atoms with van der Waals surface area (Å²) in [6, 6.07) is 9.64. The number of hydrogen-bond acceptors (Lipinski definition) is 3. The summed E-state index contributed by atoms with van der Waals surface area (Å²) in [6.45, 7) is 0.313. The number of para-hydroxylation sites is 1. The third-order valence-corrected chi connectivity index (χ3v) is 3.38. The largest absolute Gasteiger partial charge is 0.506 e. The lowest BCUT2D eigenvalue weighted by Crippen LogP contribution is -2.03. The summed E-state index contributed by atoms with van der Waals surface area (Å²) in [6.07, 6.45) is 0. The van der Waals surface area contributed by atoms with Crippen molar-refractivity contribution in [1.29, 1.82) is 0 Å². The Kier molecular flexibility index (Phi) is 4.37. The van der Waals surface area contributed by atoms with Crippen LogP contribution >= 0.6 is 23.2 Å². The maximum atomic E-state index is 11.0. The molecule has 0 aliphatic heterocycles. The van der Waals surface area contributed by atoms with Crippen molar-refractivity contribution in [3.05, 3.63) is 57.6 Å². The average molecular weight is 312 g/mol. The van der Waals surface area contributed by atoms with E-state index >= 15 is 0 Å². The van der Waals surface area contributed by atoms with Crippen LogP contribution in [-0.4, -0.2) is 16.2 Å². The third kappa shape index (κ3) is 3.15. The van der Waals surface area contributed by atoms with Gasteiger partial charge in [-0.05, 0) is 24.3 Å². The van der Waals surface area contributed by atoms with Crippen LogP contribution in [-0.2, 0) is 6.54 Å². The maximum absolute atomic E-state index is 11.0. The fourth-order valence-corrected chi connectivity index (χ4v) is 2.09. The molecule has 2 aromatic carbocycles. The van der Waals surface area contributed by atoms with E-state index in [9.17, 15) is 9.90 Å². The Bertz CT molecular complexity index is 659. The summed E-state index contributed by atoms with van der Waals surface area (Å²) in [5.41, 5.74) is 1.22. The number of halogens is 2. The highest BCUT2D eigenvalue weighted by molar-refractivity contribution is 6.33. The van der Waals surface area contributed by atoms with Gasteiger partial charge in [-0.1, -0.05) is 35.3 Å². The smallest absolute Gasteiger partial charge is 0.337 e. The van der Waals surface area contributed by atoms with Crippen molar-refractivity contribution < 1.29 is 15.0 Å². The summed E-state index contributed by atoms with van der Waals surface area (Å²) < 4.78 is 0. The molecule has 3 N–H and O–H groups in total. The molecule has 0 unspecified atom stereocenters. The molecule has 2 rings (SSSR count). The monoisotopic (exact) mass is 311 g/mol. The molecular formula is C14H11Cl2NO3. The number of carboxylic acid groups (broad SMARTS) is 1. The zero-order chi connectivity index (χ0) is 14.7. The van der Waals surface area contributed by atoms with E-state index in [0.29, 0.717) is 17.8 Å². The molecule has 0 radical (unpaired) electrons. The second kappa shape index (κ2) is 6.03. The first-order valence-electron chi connectivity index (χ1n) is 5.72. The first-order chi connectivity index (χ1) is 9.49. The Morgan fingerprint density at radius 1 is 1.15 bits per heavy atom. The predicted molar refractivity (Wildman–Crippen MR) is 78.9 cm³/mol. The van der Waals surface area contributed by atoms with Crippen LogP contribution < -0.4 is 5.32 Å². The number of carboxylic acids is 1. The molecule has 0 saturated heterocycles. The molecule has 0 spiro atoms. The standard InChI is InChI=1S/C14H11Cl2NO3/c15-11-5-4-9(6-10(11)14(19)20)17-7-8-2-1-3-12(16)13(8)18/h1-6,17-18H,7H2,(H,19,20). The summed E-state index contributed by atoms with van der Waals surface area (Å²) in [5.74, 6) is -1.08. The molecule has 0 bridgehead atoms. The highest BCUT2D eigenvalue weighted by atomic mass is 35.5. The van der Waals surface area contributed by atoms with Gasteiger partial charge in [0.05, 0.1) is 15.6 Å². The number of anilines is 1. The van der Waals surface area contributed by atoms with Gasteiger partial charge in [0.2, 0.25) is 0 Å². The van der Waals surface area contributed by atoms with E-state index in [1.807, 2.05) is 0 Å². The number of hydrogen-bond donors (Lipinski definition) is 3. The van der Waals surface area contributed by atoms with Crippen LogP contribution in [0.2, 0.25) is 10.0 Å². The van der Waals surface area contributed by atoms with Gasteiger partial charge in [0.1, 0.15) is 5.75 Å². The van der Waals surface area contributed by atoms with Crippen molar-refractivity contribution in [1.82, 2.24) is 0 Å². The van der Waals surface area contributed by atoms with Crippen molar-refractivity contribution in [2.45, 2.75) is 6.54 Å². The topological polar surface area (TPSA) is 69.6 Å². The number of rotatable bonds is 4. The van der Waals surface area contributed by atoms with Crippen molar-refractivity contribution >= 4 is 34.9 Å². The molecule has 0 aliphatic rings. The number of aromatic carboxylic acids is 1. The molecule has 0 saturated carbocycles. The van der Waals surface area contributed by atoms with Gasteiger partial charge >= 0.3 is 5.97 Å². The van der Waals surface area contributed by atoms with E-state index in [2.05, 4.69) is 5.32 Å². The van der Waals surface area contributed by atoms with Gasteiger partial charge in [0.25, 0.3) is 0 Å². The van der Waals surface area contributed by atoms with Crippen molar-refractivity contribution in [3.63, 3.8) is 0 Å². The summed E-state index contributed by atoms with van der Waals surface area (Å²) in [4.78, 5) is 11.0. The second-order valence-electron chi connectivity index (χ2n) is 4.10. The number of aromatic hydroxyl groups is 1. The van der Waals surface area contributed by atoms with E-state index in [0.717, 1.165) is 0 Å². The highest BCUT2D eigenvalue weighted by Crippen LogP contribution is 2.28. The van der Waals surface area contributed by atoms with E-state index in [1.54, 1.807) is 24.3 Å². The highest BCUT2D eigenvalue weighted by Gasteiger charge is 2.10. The zero-order valence-corrected chi connectivity index (χ0v) is 11.7. The second-order valence-corrected chi connectivity index (χ2v) is 4.92. The van der Waals surface area contributed by atoms with Gasteiger partial charge in [-0.3, -0.25) is 0 Å². The molecule has 0 aromatic heterocycles. The summed E-state index contributed by atoms with van der Waals surface area (Å²) >= 11 is 11.6. The lowest BCUT2D eigenvalue weighted by atomic mass is 10.1. The minimum atomic E-state index is -1.09. The zero-order valence-electron chi connectivity index (χ0n) is 10.2.